The molecule has 2 aromatic rings. The average Bonchev–Trinajstić information content (AvgIpc) is 2.60. The predicted molar refractivity (Wildman–Crippen MR) is 94.7 cm³/mol. The van der Waals surface area contributed by atoms with Crippen LogP contribution in [0.25, 0.3) is 0 Å². The minimum Gasteiger partial charge on any atom is -0.485 e. The first-order valence-electron chi connectivity index (χ1n) is 7.58. The number of fused-ring (bicyclic) bond motifs is 1. The van der Waals surface area contributed by atoms with Gasteiger partial charge in [-0.05, 0) is 30.3 Å². The molecule has 25 heavy (non-hydrogen) atoms. The van der Waals surface area contributed by atoms with Crippen molar-refractivity contribution in [3.63, 3.8) is 0 Å². The summed E-state index contributed by atoms with van der Waals surface area (Å²) >= 11 is 0. The van der Waals surface area contributed by atoms with Gasteiger partial charge in [-0.1, -0.05) is 18.2 Å². The summed E-state index contributed by atoms with van der Waals surface area (Å²) < 4.78 is 35.6. The largest absolute Gasteiger partial charge is 0.485 e. The normalized spacial score (nSPS) is 16.2. The Labute approximate surface area is 146 Å². The highest BCUT2D eigenvalue weighted by atomic mass is 32.2. The number of nitrogens with one attached hydrogen (secondary N) is 1. The molecule has 132 valence electrons. The maximum atomic E-state index is 12.4. The summed E-state index contributed by atoms with van der Waals surface area (Å²) in [5, 5.41) is 2.72. The number of para-hydroxylation sites is 2. The Morgan fingerprint density at radius 3 is 2.60 bits per heavy atom. The maximum Gasteiger partial charge on any atom is 0.269 e. The number of sulfonamides is 1. The lowest BCUT2D eigenvalue weighted by molar-refractivity contribution is -0.125. The highest BCUT2D eigenvalue weighted by molar-refractivity contribution is 7.92. The van der Waals surface area contributed by atoms with Gasteiger partial charge in [-0.15, -0.1) is 0 Å². The van der Waals surface area contributed by atoms with Crippen molar-refractivity contribution in [2.45, 2.75) is 6.10 Å². The molecular formula is C17H18N2O5S. The Morgan fingerprint density at radius 2 is 1.88 bits per heavy atom. The van der Waals surface area contributed by atoms with Crippen LogP contribution in [0, 0.1) is 0 Å². The molecule has 2 aromatic carbocycles. The van der Waals surface area contributed by atoms with Gasteiger partial charge >= 0.3 is 0 Å². The van der Waals surface area contributed by atoms with Gasteiger partial charge < -0.3 is 14.8 Å². The molecule has 0 fully saturated rings. The molecule has 1 aliphatic heterocycles. The number of amides is 1. The molecule has 0 saturated heterocycles. The molecule has 1 N–H and O–H groups in total. The van der Waals surface area contributed by atoms with Crippen molar-refractivity contribution in [1.29, 1.82) is 0 Å². The van der Waals surface area contributed by atoms with E-state index in [1.807, 2.05) is 6.07 Å². The summed E-state index contributed by atoms with van der Waals surface area (Å²) in [6, 6.07) is 13.7. The summed E-state index contributed by atoms with van der Waals surface area (Å²) in [6.07, 6.45) is 0.328. The first-order valence-corrected chi connectivity index (χ1v) is 9.43. The third-order valence-electron chi connectivity index (χ3n) is 3.78. The summed E-state index contributed by atoms with van der Waals surface area (Å²) in [5.41, 5.74) is 0.923. The first-order chi connectivity index (χ1) is 11.8. The number of nitrogens with zero attached hydrogens (tertiary/aromatic N) is 1. The summed E-state index contributed by atoms with van der Waals surface area (Å²) in [5.74, 6) is 0.747. The smallest absolute Gasteiger partial charge is 0.269 e. The monoisotopic (exact) mass is 362 g/mol. The van der Waals surface area contributed by atoms with Crippen LogP contribution in [-0.2, 0) is 14.8 Å². The molecular weight excluding hydrogens is 344 g/mol. The van der Waals surface area contributed by atoms with Gasteiger partial charge in [0.05, 0.1) is 11.9 Å². The fourth-order valence-corrected chi connectivity index (χ4v) is 2.84. The van der Waals surface area contributed by atoms with E-state index in [1.54, 1.807) is 42.5 Å². The number of rotatable bonds is 4. The van der Waals surface area contributed by atoms with E-state index in [2.05, 4.69) is 5.32 Å². The molecule has 0 aromatic heterocycles. The quantitative estimate of drug-likeness (QED) is 0.897. The molecule has 0 saturated carbocycles. The second kappa shape index (κ2) is 6.64. The van der Waals surface area contributed by atoms with Crippen LogP contribution in [0.5, 0.6) is 11.5 Å². The Hall–Kier alpha value is -2.74. The predicted octanol–water partition coefficient (Wildman–Crippen LogP) is 1.86. The molecule has 1 heterocycles. The third kappa shape index (κ3) is 3.85. The molecule has 0 spiro atoms. The van der Waals surface area contributed by atoms with Gasteiger partial charge in [-0.25, -0.2) is 8.42 Å². The Balaban J connectivity index is 1.72. The Bertz CT molecular complexity index is 897. The van der Waals surface area contributed by atoms with E-state index < -0.39 is 16.1 Å². The molecule has 8 heteroatoms. The number of carbonyl (C=O) groups is 1. The van der Waals surface area contributed by atoms with Gasteiger partial charge in [0.15, 0.2) is 11.5 Å². The zero-order valence-corrected chi connectivity index (χ0v) is 14.6. The number of hydrogen-bond donors (Lipinski definition) is 1. The van der Waals surface area contributed by atoms with Crippen LogP contribution < -0.4 is 19.1 Å². The molecule has 0 aliphatic carbocycles. The second-order valence-electron chi connectivity index (χ2n) is 5.63. The van der Waals surface area contributed by atoms with Crippen LogP contribution in [0.15, 0.2) is 48.5 Å². The molecule has 0 unspecified atom stereocenters. The molecule has 7 nitrogen and oxygen atoms in total. The lowest BCUT2D eigenvalue weighted by Gasteiger charge is -2.25. The molecule has 1 atom stereocenters. The van der Waals surface area contributed by atoms with E-state index in [4.69, 9.17) is 9.47 Å². The number of anilines is 2. The minimum absolute atomic E-state index is 0.103. The average molecular weight is 362 g/mol. The van der Waals surface area contributed by atoms with E-state index in [0.29, 0.717) is 22.9 Å². The van der Waals surface area contributed by atoms with Gasteiger partial charge in [-0.2, -0.15) is 0 Å². The first kappa shape index (κ1) is 17.1. The van der Waals surface area contributed by atoms with E-state index in [0.717, 1.165) is 10.6 Å². The van der Waals surface area contributed by atoms with Crippen molar-refractivity contribution in [3.05, 3.63) is 48.5 Å². The standard InChI is InChI=1S/C17H18N2O5S/c1-19(25(2,21)22)13-7-5-6-12(10-13)18-17(20)16-11-23-14-8-3-4-9-15(14)24-16/h3-10,16H,11H2,1-2H3,(H,18,20)/t16-/m0/s1. The summed E-state index contributed by atoms with van der Waals surface area (Å²) in [7, 11) is -1.93. The van der Waals surface area contributed by atoms with Crippen LogP contribution >= 0.6 is 0 Å². The SMILES string of the molecule is CN(c1cccc(NC(=O)[C@@H]2COc3ccccc3O2)c1)S(C)(=O)=O. The van der Waals surface area contributed by atoms with Crippen molar-refractivity contribution >= 4 is 27.3 Å². The van der Waals surface area contributed by atoms with Crippen molar-refractivity contribution in [3.8, 4) is 11.5 Å². The van der Waals surface area contributed by atoms with Crippen molar-refractivity contribution in [1.82, 2.24) is 0 Å². The summed E-state index contributed by atoms with van der Waals surface area (Å²) in [6.45, 7) is 0.103. The van der Waals surface area contributed by atoms with Gasteiger partial charge in [-0.3, -0.25) is 9.10 Å². The van der Waals surface area contributed by atoms with Gasteiger partial charge in [0.25, 0.3) is 5.91 Å². The number of ether oxygens (including phenoxy) is 2. The van der Waals surface area contributed by atoms with Gasteiger partial charge in [0.2, 0.25) is 16.1 Å². The van der Waals surface area contributed by atoms with Crippen LogP contribution in [0.1, 0.15) is 0 Å². The Morgan fingerprint density at radius 1 is 1.16 bits per heavy atom. The zero-order valence-electron chi connectivity index (χ0n) is 13.8. The molecule has 3 rings (SSSR count). The molecule has 1 aliphatic rings. The molecule has 0 bridgehead atoms. The van der Waals surface area contributed by atoms with Crippen LogP contribution in [0.4, 0.5) is 11.4 Å². The maximum absolute atomic E-state index is 12.4. The van der Waals surface area contributed by atoms with Crippen LogP contribution in [0.3, 0.4) is 0 Å². The number of carbonyl (C=O) groups excluding carboxylic acids is 1. The van der Waals surface area contributed by atoms with E-state index >= 15 is 0 Å². The number of hydrogen-bond acceptors (Lipinski definition) is 5. The fourth-order valence-electron chi connectivity index (χ4n) is 2.34. The van der Waals surface area contributed by atoms with Crippen molar-refractivity contribution in [2.75, 3.05) is 29.5 Å². The zero-order chi connectivity index (χ0) is 18.0. The van der Waals surface area contributed by atoms with Gasteiger partial charge in [0, 0.05) is 12.7 Å². The second-order valence-corrected chi connectivity index (χ2v) is 7.65. The molecule has 1 amide bonds. The third-order valence-corrected chi connectivity index (χ3v) is 4.98. The van der Waals surface area contributed by atoms with Crippen molar-refractivity contribution < 1.29 is 22.7 Å². The van der Waals surface area contributed by atoms with E-state index in [1.165, 1.54) is 7.05 Å². The summed E-state index contributed by atoms with van der Waals surface area (Å²) in [4.78, 5) is 12.4. The molecule has 0 radical (unpaired) electrons. The van der Waals surface area contributed by atoms with E-state index in [9.17, 15) is 13.2 Å². The minimum atomic E-state index is -3.38. The van der Waals surface area contributed by atoms with Crippen LogP contribution in [0.2, 0.25) is 0 Å². The van der Waals surface area contributed by atoms with Gasteiger partial charge in [0.1, 0.15) is 6.61 Å². The van der Waals surface area contributed by atoms with Crippen LogP contribution in [-0.4, -0.2) is 40.3 Å². The van der Waals surface area contributed by atoms with Crippen molar-refractivity contribution in [2.24, 2.45) is 0 Å². The number of benzene rings is 2. The highest BCUT2D eigenvalue weighted by Crippen LogP contribution is 2.31. The lowest BCUT2D eigenvalue weighted by atomic mass is 10.2. The highest BCUT2D eigenvalue weighted by Gasteiger charge is 2.27. The fraction of sp³-hybridized carbons (Fsp3) is 0.235. The lowest BCUT2D eigenvalue weighted by Crippen LogP contribution is -2.40. The Kier molecular flexibility index (Phi) is 4.54. The van der Waals surface area contributed by atoms with E-state index in [-0.39, 0.29) is 12.5 Å². The topological polar surface area (TPSA) is 84.9 Å².